The minimum absolute atomic E-state index is 0.0452. The molecular weight excluding hydrogens is 440 g/mol. The van der Waals surface area contributed by atoms with Crippen molar-refractivity contribution in [1.82, 2.24) is 9.80 Å². The molecule has 4 aliphatic carbocycles. The maximum atomic E-state index is 12.2. The van der Waals surface area contributed by atoms with Crippen LogP contribution in [0.4, 0.5) is 0 Å². The lowest BCUT2D eigenvalue weighted by atomic mass is 9.44. The van der Waals surface area contributed by atoms with Gasteiger partial charge in [0.2, 0.25) is 0 Å². The lowest BCUT2D eigenvalue weighted by Crippen LogP contribution is -2.61. The topological polar surface area (TPSA) is 62.2 Å². The maximum Gasteiger partial charge on any atom is 0.302 e. The SMILES string of the molecule is CC(=O)O[C@H]1[C@@H](N2CCCC2)C[C@H]2[C@@H]3CC[C@H]4C[C@@H](O)[C@@H](N5CCOCC5)C[C@]4(C)[C@H]3CC[C@@]21C. The number of rotatable bonds is 3. The largest absolute Gasteiger partial charge is 0.460 e. The lowest BCUT2D eigenvalue weighted by molar-refractivity contribution is -0.172. The summed E-state index contributed by atoms with van der Waals surface area (Å²) in [5.41, 5.74) is 0.399. The van der Waals surface area contributed by atoms with Crippen molar-refractivity contribution in [3.63, 3.8) is 0 Å². The Hall–Kier alpha value is -0.690. The Balaban J connectivity index is 1.27. The monoisotopic (exact) mass is 488 g/mol. The van der Waals surface area contributed by atoms with E-state index in [-0.39, 0.29) is 29.6 Å². The first-order valence-corrected chi connectivity index (χ1v) is 14.7. The molecule has 0 spiro atoms. The summed E-state index contributed by atoms with van der Waals surface area (Å²) in [4.78, 5) is 17.4. The molecule has 0 aromatic heterocycles. The molecule has 6 heteroatoms. The first-order valence-electron chi connectivity index (χ1n) is 14.7. The summed E-state index contributed by atoms with van der Waals surface area (Å²) < 4.78 is 11.8. The summed E-state index contributed by atoms with van der Waals surface area (Å²) in [5, 5.41) is 11.2. The van der Waals surface area contributed by atoms with Crippen LogP contribution in [0, 0.1) is 34.5 Å². The van der Waals surface area contributed by atoms with Crippen LogP contribution < -0.4 is 0 Å². The van der Waals surface area contributed by atoms with Gasteiger partial charge in [-0.2, -0.15) is 0 Å². The van der Waals surface area contributed by atoms with Gasteiger partial charge in [0, 0.05) is 37.5 Å². The highest BCUT2D eigenvalue weighted by molar-refractivity contribution is 5.66. The van der Waals surface area contributed by atoms with E-state index in [0.29, 0.717) is 23.3 Å². The van der Waals surface area contributed by atoms with E-state index >= 15 is 0 Å². The number of carbonyl (C=O) groups excluding carboxylic acids is 1. The van der Waals surface area contributed by atoms with Gasteiger partial charge in [-0.25, -0.2) is 0 Å². The van der Waals surface area contributed by atoms with Gasteiger partial charge in [0.1, 0.15) is 6.10 Å². The second-order valence-electron chi connectivity index (χ2n) is 13.5. The van der Waals surface area contributed by atoms with Crippen molar-refractivity contribution in [2.45, 2.75) is 103 Å². The van der Waals surface area contributed by atoms with Crippen LogP contribution in [0.15, 0.2) is 0 Å². The van der Waals surface area contributed by atoms with Gasteiger partial charge >= 0.3 is 5.97 Å². The average Bonchev–Trinajstić information content (AvgIpc) is 3.46. The predicted octanol–water partition coefficient (Wildman–Crippen LogP) is 3.71. The molecule has 0 amide bonds. The first kappa shape index (κ1) is 24.6. The van der Waals surface area contributed by atoms with Gasteiger partial charge in [0.25, 0.3) is 0 Å². The number of carbonyl (C=O) groups is 1. The molecule has 198 valence electrons. The highest BCUT2D eigenvalue weighted by Crippen LogP contribution is 2.67. The Morgan fingerprint density at radius 1 is 0.914 bits per heavy atom. The van der Waals surface area contributed by atoms with Crippen LogP contribution in [0.5, 0.6) is 0 Å². The maximum absolute atomic E-state index is 12.2. The quantitative estimate of drug-likeness (QED) is 0.611. The third kappa shape index (κ3) is 4.00. The minimum atomic E-state index is -0.198. The van der Waals surface area contributed by atoms with E-state index in [2.05, 4.69) is 23.6 Å². The number of hydrogen-bond acceptors (Lipinski definition) is 6. The third-order valence-electron chi connectivity index (χ3n) is 12.0. The Bertz CT molecular complexity index is 796. The molecule has 0 aromatic rings. The van der Waals surface area contributed by atoms with E-state index < -0.39 is 0 Å². The van der Waals surface area contributed by atoms with E-state index in [9.17, 15) is 9.90 Å². The number of ether oxygens (including phenoxy) is 2. The summed E-state index contributed by atoms with van der Waals surface area (Å²) in [6.07, 6.45) is 10.7. The van der Waals surface area contributed by atoms with Gasteiger partial charge in [0.15, 0.2) is 0 Å². The van der Waals surface area contributed by atoms with Crippen molar-refractivity contribution >= 4 is 5.97 Å². The normalized spacial score (nSPS) is 50.9. The Labute approximate surface area is 212 Å². The molecule has 0 unspecified atom stereocenters. The number of aliphatic hydroxyl groups excluding tert-OH is 1. The highest BCUT2D eigenvalue weighted by atomic mass is 16.5. The molecule has 4 saturated carbocycles. The molecule has 10 atom stereocenters. The Kier molecular flexibility index (Phi) is 6.51. The molecule has 6 fully saturated rings. The molecule has 2 saturated heterocycles. The van der Waals surface area contributed by atoms with Crippen LogP contribution in [0.25, 0.3) is 0 Å². The zero-order chi connectivity index (χ0) is 24.4. The number of esters is 1. The Morgan fingerprint density at radius 2 is 1.63 bits per heavy atom. The van der Waals surface area contributed by atoms with Crippen LogP contribution in [0.1, 0.15) is 78.6 Å². The smallest absolute Gasteiger partial charge is 0.302 e. The molecule has 2 aliphatic heterocycles. The van der Waals surface area contributed by atoms with Crippen LogP contribution in [0.3, 0.4) is 0 Å². The summed E-state index contributed by atoms with van der Waals surface area (Å²) in [5.74, 6) is 2.63. The number of hydrogen-bond donors (Lipinski definition) is 1. The second-order valence-corrected chi connectivity index (χ2v) is 13.5. The number of morpholine rings is 1. The predicted molar refractivity (Wildman–Crippen MR) is 135 cm³/mol. The summed E-state index contributed by atoms with van der Waals surface area (Å²) in [7, 11) is 0. The second kappa shape index (κ2) is 9.25. The van der Waals surface area contributed by atoms with Gasteiger partial charge in [-0.15, -0.1) is 0 Å². The van der Waals surface area contributed by atoms with Crippen molar-refractivity contribution in [2.24, 2.45) is 34.5 Å². The molecule has 2 heterocycles. The zero-order valence-electron chi connectivity index (χ0n) is 22.3. The molecule has 0 bridgehead atoms. The van der Waals surface area contributed by atoms with Gasteiger partial charge in [-0.1, -0.05) is 13.8 Å². The van der Waals surface area contributed by atoms with Crippen molar-refractivity contribution in [3.8, 4) is 0 Å². The van der Waals surface area contributed by atoms with Crippen molar-refractivity contribution in [2.75, 3.05) is 39.4 Å². The molecule has 6 nitrogen and oxygen atoms in total. The van der Waals surface area contributed by atoms with Gasteiger partial charge in [-0.3, -0.25) is 14.6 Å². The fourth-order valence-corrected chi connectivity index (χ4v) is 10.3. The number of fused-ring (bicyclic) bond motifs is 5. The van der Waals surface area contributed by atoms with E-state index in [0.717, 1.165) is 64.1 Å². The van der Waals surface area contributed by atoms with Gasteiger partial charge in [-0.05, 0) is 100.0 Å². The minimum Gasteiger partial charge on any atom is -0.460 e. The number of likely N-dealkylation sites (tertiary alicyclic amines) is 1. The van der Waals surface area contributed by atoms with E-state index in [1.807, 2.05) is 0 Å². The van der Waals surface area contributed by atoms with Crippen molar-refractivity contribution < 1.29 is 19.4 Å². The molecule has 6 rings (SSSR count). The number of aliphatic hydroxyl groups is 1. The fourth-order valence-electron chi connectivity index (χ4n) is 10.3. The molecule has 0 radical (unpaired) electrons. The molecular formula is C29H48N2O4. The molecule has 35 heavy (non-hydrogen) atoms. The van der Waals surface area contributed by atoms with Crippen LogP contribution in [0.2, 0.25) is 0 Å². The highest BCUT2D eigenvalue weighted by Gasteiger charge is 2.65. The molecule has 1 N–H and O–H groups in total. The van der Waals surface area contributed by atoms with Gasteiger partial charge in [0.05, 0.1) is 19.3 Å². The van der Waals surface area contributed by atoms with Crippen LogP contribution >= 0.6 is 0 Å². The van der Waals surface area contributed by atoms with E-state index in [4.69, 9.17) is 9.47 Å². The standard InChI is InChI=1S/C29H48N2O4/c1-19(32)35-27-24(30-10-4-5-11-30)17-23-21-7-6-20-16-26(33)25(31-12-14-34-15-13-31)18-29(20,3)22(21)8-9-28(23,27)2/h20-27,33H,4-18H2,1-3H3/t20-,21+,22-,23-,24-,25-,26+,27-,28-,29-/m0/s1. The summed E-state index contributed by atoms with van der Waals surface area (Å²) >= 11 is 0. The van der Waals surface area contributed by atoms with Gasteiger partial charge < -0.3 is 14.6 Å². The average molecular weight is 489 g/mol. The van der Waals surface area contributed by atoms with E-state index in [1.165, 1.54) is 44.9 Å². The zero-order valence-corrected chi connectivity index (χ0v) is 22.3. The Morgan fingerprint density at radius 3 is 2.34 bits per heavy atom. The molecule has 6 aliphatic rings. The van der Waals surface area contributed by atoms with Crippen molar-refractivity contribution in [1.29, 1.82) is 0 Å². The first-order chi connectivity index (χ1) is 16.8. The summed E-state index contributed by atoms with van der Waals surface area (Å²) in [6.45, 7) is 12.5. The fraction of sp³-hybridized carbons (Fsp3) is 0.966. The van der Waals surface area contributed by atoms with E-state index in [1.54, 1.807) is 6.92 Å². The third-order valence-corrected chi connectivity index (χ3v) is 12.0. The lowest BCUT2D eigenvalue weighted by Gasteiger charge is -2.62. The van der Waals surface area contributed by atoms with Crippen LogP contribution in [-0.4, -0.2) is 84.6 Å². The van der Waals surface area contributed by atoms with Crippen molar-refractivity contribution in [3.05, 3.63) is 0 Å². The summed E-state index contributed by atoms with van der Waals surface area (Å²) in [6, 6.07) is 0.678. The number of nitrogens with zero attached hydrogens (tertiary/aromatic N) is 2. The molecule has 0 aromatic carbocycles. The van der Waals surface area contributed by atoms with Crippen LogP contribution in [-0.2, 0) is 14.3 Å².